The van der Waals surface area contributed by atoms with Crippen LogP contribution in [0.4, 0.5) is 17.1 Å². The Balaban J connectivity index is 1.08. The minimum absolute atomic E-state index is 1.11. The first-order chi connectivity index (χ1) is 27.8. The molecule has 0 aliphatic heterocycles. The van der Waals surface area contributed by atoms with Gasteiger partial charge in [-0.2, -0.15) is 0 Å². The van der Waals surface area contributed by atoms with Crippen LogP contribution in [0.15, 0.2) is 212 Å². The highest BCUT2D eigenvalue weighted by molar-refractivity contribution is 7.25. The summed E-state index contributed by atoms with van der Waals surface area (Å²) in [4.78, 5) is 2.41. The lowest BCUT2D eigenvalue weighted by atomic mass is 9.93. The molecule has 0 amide bonds. The van der Waals surface area contributed by atoms with Crippen LogP contribution in [0.3, 0.4) is 0 Å². The zero-order valence-electron chi connectivity index (χ0n) is 30.6. The van der Waals surface area contributed by atoms with E-state index in [4.69, 9.17) is 0 Å². The molecule has 0 radical (unpaired) electrons. The molecule has 0 fully saturated rings. The highest BCUT2D eigenvalue weighted by atomic mass is 32.1. The summed E-state index contributed by atoms with van der Waals surface area (Å²) >= 11 is 1.86. The first-order valence-corrected chi connectivity index (χ1v) is 20.0. The van der Waals surface area contributed by atoms with Gasteiger partial charge in [-0.15, -0.1) is 11.3 Å². The van der Waals surface area contributed by atoms with Crippen LogP contribution in [-0.4, -0.2) is 0 Å². The summed E-state index contributed by atoms with van der Waals surface area (Å²) < 4.78 is 2.65. The van der Waals surface area contributed by atoms with Crippen molar-refractivity contribution < 1.29 is 0 Å². The summed E-state index contributed by atoms with van der Waals surface area (Å²) in [5.41, 5.74) is 10.6. The van der Waals surface area contributed by atoms with E-state index in [1.807, 2.05) is 11.3 Å². The van der Waals surface area contributed by atoms with Gasteiger partial charge in [0.05, 0.1) is 0 Å². The van der Waals surface area contributed by atoms with Gasteiger partial charge in [-0.25, -0.2) is 0 Å². The number of hydrogen-bond donors (Lipinski definition) is 0. The van der Waals surface area contributed by atoms with Crippen molar-refractivity contribution in [3.63, 3.8) is 0 Å². The summed E-state index contributed by atoms with van der Waals surface area (Å²) in [6, 6.07) is 77.7. The summed E-state index contributed by atoms with van der Waals surface area (Å²) in [6.07, 6.45) is 0. The minimum atomic E-state index is 1.11. The van der Waals surface area contributed by atoms with Gasteiger partial charge in [0.25, 0.3) is 0 Å². The summed E-state index contributed by atoms with van der Waals surface area (Å²) in [7, 11) is 0. The van der Waals surface area contributed by atoms with Gasteiger partial charge >= 0.3 is 0 Å². The lowest BCUT2D eigenvalue weighted by Crippen LogP contribution is -2.10. The molecule has 0 unspecified atom stereocenters. The van der Waals surface area contributed by atoms with Crippen LogP contribution >= 0.6 is 11.3 Å². The first kappa shape index (κ1) is 32.4. The van der Waals surface area contributed by atoms with Gasteiger partial charge in [0.15, 0.2) is 0 Å². The summed E-state index contributed by atoms with van der Waals surface area (Å²) in [5, 5.41) is 10.3. The Labute approximate surface area is 330 Å². The molecule has 0 aliphatic carbocycles. The minimum Gasteiger partial charge on any atom is -0.310 e. The Bertz CT molecular complexity index is 3210. The zero-order chi connectivity index (χ0) is 37.0. The van der Waals surface area contributed by atoms with Crippen molar-refractivity contribution in [2.24, 2.45) is 0 Å². The number of rotatable bonds is 6. The van der Waals surface area contributed by atoms with Gasteiger partial charge < -0.3 is 4.90 Å². The molecule has 0 saturated carbocycles. The molecule has 0 spiro atoms. The molecular formula is C54H35NS. The monoisotopic (exact) mass is 729 g/mol. The Morgan fingerprint density at radius 3 is 1.50 bits per heavy atom. The highest BCUT2D eigenvalue weighted by Gasteiger charge is 2.18. The first-order valence-electron chi connectivity index (χ1n) is 19.2. The van der Waals surface area contributed by atoms with E-state index in [9.17, 15) is 0 Å². The number of benzene rings is 10. The summed E-state index contributed by atoms with van der Waals surface area (Å²) in [6.45, 7) is 0. The van der Waals surface area contributed by atoms with Crippen molar-refractivity contribution in [3.8, 4) is 33.4 Å². The second-order valence-corrected chi connectivity index (χ2v) is 15.6. The number of anilines is 3. The fourth-order valence-electron chi connectivity index (χ4n) is 8.61. The number of fused-ring (bicyclic) bond motifs is 9. The van der Waals surface area contributed by atoms with Crippen molar-refractivity contribution in [1.29, 1.82) is 0 Å². The second kappa shape index (κ2) is 13.4. The molecular weight excluding hydrogens is 695 g/mol. The van der Waals surface area contributed by atoms with Crippen LogP contribution in [0.1, 0.15) is 0 Å². The van der Waals surface area contributed by atoms with Crippen molar-refractivity contribution in [2.45, 2.75) is 0 Å². The molecule has 1 nitrogen and oxygen atoms in total. The third-order valence-electron chi connectivity index (χ3n) is 11.2. The van der Waals surface area contributed by atoms with E-state index in [0.717, 1.165) is 17.1 Å². The van der Waals surface area contributed by atoms with Crippen LogP contribution < -0.4 is 4.90 Å². The van der Waals surface area contributed by atoms with E-state index in [0.29, 0.717) is 0 Å². The largest absolute Gasteiger partial charge is 0.310 e. The molecule has 0 bridgehead atoms. The topological polar surface area (TPSA) is 3.24 Å². The van der Waals surface area contributed by atoms with Crippen LogP contribution in [0.25, 0.3) is 85.9 Å². The molecule has 0 N–H and O–H groups in total. The van der Waals surface area contributed by atoms with Crippen LogP contribution in [0.5, 0.6) is 0 Å². The quantitative estimate of drug-likeness (QED) is 0.154. The Morgan fingerprint density at radius 2 is 0.768 bits per heavy atom. The Kier molecular flexibility index (Phi) is 7.75. The molecule has 10 aromatic carbocycles. The van der Waals surface area contributed by atoms with E-state index >= 15 is 0 Å². The van der Waals surface area contributed by atoms with Crippen molar-refractivity contribution in [1.82, 2.24) is 0 Å². The third kappa shape index (κ3) is 5.46. The van der Waals surface area contributed by atoms with Crippen molar-refractivity contribution in [2.75, 3.05) is 4.90 Å². The number of hydrogen-bond acceptors (Lipinski definition) is 2. The van der Waals surface area contributed by atoms with Crippen molar-refractivity contribution in [3.05, 3.63) is 212 Å². The highest BCUT2D eigenvalue weighted by Crippen LogP contribution is 2.43. The zero-order valence-corrected chi connectivity index (χ0v) is 31.4. The SMILES string of the molecule is c1ccc(-c2ccccc2-c2cccc(N(c3ccc(-c4ccc5sc6ccccc6c5c4)cc3)c3ccc4c5ccccc5c5ccccc5c4c3)c2)cc1. The third-order valence-corrected chi connectivity index (χ3v) is 12.4. The Morgan fingerprint density at radius 1 is 0.250 bits per heavy atom. The van der Waals surface area contributed by atoms with Gasteiger partial charge in [-0.1, -0.05) is 158 Å². The molecule has 11 rings (SSSR count). The van der Waals surface area contributed by atoms with E-state index in [-0.39, 0.29) is 0 Å². The molecule has 0 saturated heterocycles. The maximum atomic E-state index is 2.41. The van der Waals surface area contributed by atoms with Crippen LogP contribution in [-0.2, 0) is 0 Å². The normalized spacial score (nSPS) is 11.6. The van der Waals surface area contributed by atoms with Gasteiger partial charge in [-0.3, -0.25) is 0 Å². The fraction of sp³-hybridized carbons (Fsp3) is 0. The Hall–Kier alpha value is -7.00. The van der Waals surface area contributed by atoms with E-state index in [1.165, 1.54) is 85.9 Å². The predicted molar refractivity (Wildman–Crippen MR) is 243 cm³/mol. The van der Waals surface area contributed by atoms with Crippen molar-refractivity contribution >= 4 is 80.9 Å². The van der Waals surface area contributed by atoms with Gasteiger partial charge in [0, 0.05) is 37.2 Å². The molecule has 262 valence electrons. The predicted octanol–water partition coefficient (Wildman–Crippen LogP) is 16.0. The maximum absolute atomic E-state index is 2.41. The van der Waals surface area contributed by atoms with Gasteiger partial charge in [0.2, 0.25) is 0 Å². The average molecular weight is 730 g/mol. The lowest BCUT2D eigenvalue weighted by molar-refractivity contribution is 1.29. The molecule has 1 heterocycles. The average Bonchev–Trinajstić information content (AvgIpc) is 3.65. The standard InChI is InChI=1S/C54H35NS/c1-2-13-37(14-3-1)43-17-4-5-18-44(43)39-15-12-16-41(33-39)55(42-30-31-49-47-21-7-6-19-45(47)46-20-8-9-22-48(46)51(49)35-42)40-28-25-36(26-29-40)38-27-32-54-52(34-38)50-23-10-11-24-53(50)56-54/h1-35H. The number of nitrogens with zero attached hydrogens (tertiary/aromatic N) is 1. The smallest absolute Gasteiger partial charge is 0.0468 e. The molecule has 2 heteroatoms. The molecule has 56 heavy (non-hydrogen) atoms. The molecule has 0 atom stereocenters. The summed E-state index contributed by atoms with van der Waals surface area (Å²) in [5.74, 6) is 0. The molecule has 1 aromatic heterocycles. The van der Waals surface area contributed by atoms with Crippen LogP contribution in [0.2, 0.25) is 0 Å². The second-order valence-electron chi connectivity index (χ2n) is 14.5. The lowest BCUT2D eigenvalue weighted by Gasteiger charge is -2.27. The fourth-order valence-corrected chi connectivity index (χ4v) is 9.69. The number of thiophene rings is 1. The van der Waals surface area contributed by atoms with Gasteiger partial charge in [-0.05, 0) is 120 Å². The van der Waals surface area contributed by atoms with Crippen LogP contribution in [0, 0.1) is 0 Å². The maximum Gasteiger partial charge on any atom is 0.0468 e. The molecule has 11 aromatic rings. The van der Waals surface area contributed by atoms with E-state index < -0.39 is 0 Å². The molecule has 0 aliphatic rings. The van der Waals surface area contributed by atoms with E-state index in [1.54, 1.807) is 0 Å². The van der Waals surface area contributed by atoms with E-state index in [2.05, 4.69) is 217 Å². The van der Waals surface area contributed by atoms with Gasteiger partial charge in [0.1, 0.15) is 0 Å².